The minimum atomic E-state index is 0. The van der Waals surface area contributed by atoms with Gasteiger partial charge in [0.05, 0.1) is 0 Å². The molecule has 0 saturated carbocycles. The van der Waals surface area contributed by atoms with Crippen LogP contribution in [0.25, 0.3) is 0 Å². The van der Waals surface area contributed by atoms with Crippen molar-refractivity contribution in [1.82, 2.24) is 9.80 Å². The summed E-state index contributed by atoms with van der Waals surface area (Å²) in [6.45, 7) is 13.2. The smallest absolute Gasteiger partial charge is 0.411 e. The summed E-state index contributed by atoms with van der Waals surface area (Å²) in [5.41, 5.74) is 0. The van der Waals surface area contributed by atoms with Crippen molar-refractivity contribution in [2.75, 3.05) is 26.2 Å². The summed E-state index contributed by atoms with van der Waals surface area (Å²) in [6, 6.07) is 0. The van der Waals surface area contributed by atoms with Gasteiger partial charge < -0.3 is 59.5 Å². The van der Waals surface area contributed by atoms with E-state index in [1.807, 2.05) is 0 Å². The third-order valence-electron chi connectivity index (χ3n) is 5.64. The molecule has 0 heterocycles. The summed E-state index contributed by atoms with van der Waals surface area (Å²) in [7, 11) is 0. The molecule has 7 heteroatoms. The Hall–Kier alpha value is 1.48. The Morgan fingerprint density at radius 3 is 0.818 bits per heavy atom. The number of thiocarbonyl (C=S) groups is 2. The molecule has 0 saturated heterocycles. The molecule has 0 aromatic rings. The fourth-order valence-corrected chi connectivity index (χ4v) is 4.24. The quantitative estimate of drug-likeness (QED) is 0.0636. The van der Waals surface area contributed by atoms with Crippen LogP contribution in [0.15, 0.2) is 0 Å². The molecule has 33 heavy (non-hydrogen) atoms. The van der Waals surface area contributed by atoms with Gasteiger partial charge in [0.1, 0.15) is 0 Å². The predicted molar refractivity (Wildman–Crippen MR) is 165 cm³/mol. The van der Waals surface area contributed by atoms with Crippen LogP contribution in [0.5, 0.6) is 0 Å². The van der Waals surface area contributed by atoms with Crippen LogP contribution in [-0.4, -0.2) is 82.4 Å². The third kappa shape index (κ3) is 29.6. The van der Waals surface area contributed by atoms with Crippen molar-refractivity contribution in [3.8, 4) is 0 Å². The van der Waals surface area contributed by atoms with E-state index in [9.17, 15) is 0 Å². The molecular formula is C26H52CaN2S4. The SMILES string of the molecule is CCCCCCN(CCCCCC)C(=S)[S-].CCCCCCN(CCCCCC)C(=S)[S-].[Ca+2]. The van der Waals surface area contributed by atoms with Gasteiger partial charge in [-0.3, -0.25) is 0 Å². The molecule has 0 rings (SSSR count). The van der Waals surface area contributed by atoms with Crippen molar-refractivity contribution in [3.63, 3.8) is 0 Å². The molecule has 0 atom stereocenters. The number of unbranched alkanes of at least 4 members (excludes halogenated alkanes) is 12. The number of hydrogen-bond acceptors (Lipinski definition) is 4. The van der Waals surface area contributed by atoms with E-state index in [1.165, 1.54) is 103 Å². The van der Waals surface area contributed by atoms with E-state index in [0.29, 0.717) is 8.64 Å². The van der Waals surface area contributed by atoms with Crippen molar-refractivity contribution in [2.45, 2.75) is 130 Å². The van der Waals surface area contributed by atoms with Crippen LogP contribution in [0.1, 0.15) is 130 Å². The van der Waals surface area contributed by atoms with Gasteiger partial charge in [-0.05, 0) is 25.7 Å². The van der Waals surface area contributed by atoms with Crippen LogP contribution in [-0.2, 0) is 25.3 Å². The summed E-state index contributed by atoms with van der Waals surface area (Å²) in [5.74, 6) is 0. The van der Waals surface area contributed by atoms with E-state index in [1.54, 1.807) is 0 Å². The van der Waals surface area contributed by atoms with Crippen LogP contribution >= 0.6 is 24.4 Å². The van der Waals surface area contributed by atoms with Crippen LogP contribution < -0.4 is 0 Å². The maximum absolute atomic E-state index is 5.11. The number of nitrogens with zero attached hydrogens (tertiary/aromatic N) is 2. The Morgan fingerprint density at radius 2 is 0.667 bits per heavy atom. The molecule has 0 fully saturated rings. The first kappa shape index (κ1) is 39.0. The van der Waals surface area contributed by atoms with Crippen molar-refractivity contribution < 1.29 is 0 Å². The monoisotopic (exact) mass is 560 g/mol. The fourth-order valence-electron chi connectivity index (χ4n) is 3.51. The maximum Gasteiger partial charge on any atom is 2.00 e. The zero-order valence-electron chi connectivity index (χ0n) is 22.4. The number of hydrogen-bond donors (Lipinski definition) is 0. The molecule has 2 nitrogen and oxygen atoms in total. The Kier molecular flexibility index (Phi) is 37.2. The van der Waals surface area contributed by atoms with Gasteiger partial charge in [-0.1, -0.05) is 113 Å². The minimum Gasteiger partial charge on any atom is -0.411 e. The first-order valence-electron chi connectivity index (χ1n) is 13.4. The van der Waals surface area contributed by atoms with Gasteiger partial charge in [0.2, 0.25) is 0 Å². The van der Waals surface area contributed by atoms with E-state index in [4.69, 9.17) is 49.7 Å². The van der Waals surface area contributed by atoms with E-state index < -0.39 is 0 Å². The third-order valence-corrected chi connectivity index (χ3v) is 6.68. The van der Waals surface area contributed by atoms with Crippen LogP contribution in [0, 0.1) is 0 Å². The standard InChI is InChI=1S/2C13H27NS2.Ca/c2*1-3-5-7-9-11-14(13(15)16)12-10-8-6-4-2;/h2*3-12H2,1-2H3,(H,15,16);/q;;+2/p-2. The van der Waals surface area contributed by atoms with Gasteiger partial charge in [-0.2, -0.15) is 0 Å². The molecule has 0 bridgehead atoms. The van der Waals surface area contributed by atoms with Crippen LogP contribution in [0.4, 0.5) is 0 Å². The molecule has 0 aliphatic heterocycles. The molecule has 0 aromatic heterocycles. The second-order valence-corrected chi connectivity index (χ2v) is 10.8. The predicted octanol–water partition coefficient (Wildman–Crippen LogP) is 8.18. The van der Waals surface area contributed by atoms with Crippen molar-refractivity contribution >= 4 is 96.1 Å². The zero-order chi connectivity index (χ0) is 24.5. The van der Waals surface area contributed by atoms with Gasteiger partial charge in [-0.15, -0.1) is 0 Å². The Labute approximate surface area is 260 Å². The molecule has 0 spiro atoms. The molecule has 0 N–H and O–H groups in total. The molecule has 0 amide bonds. The Bertz CT molecular complexity index is 363. The summed E-state index contributed by atoms with van der Waals surface area (Å²) in [5, 5.41) is 0. The molecule has 192 valence electrons. The summed E-state index contributed by atoms with van der Waals surface area (Å²) < 4.78 is 1.32. The first-order chi connectivity index (χ1) is 15.4. The Balaban J connectivity index is -0.000000529. The van der Waals surface area contributed by atoms with E-state index in [0.717, 1.165) is 26.2 Å². The van der Waals surface area contributed by atoms with E-state index >= 15 is 0 Å². The van der Waals surface area contributed by atoms with E-state index in [2.05, 4.69) is 37.5 Å². The van der Waals surface area contributed by atoms with E-state index in [-0.39, 0.29) is 37.7 Å². The molecule has 0 aliphatic carbocycles. The summed E-state index contributed by atoms with van der Waals surface area (Å²) >= 11 is 20.5. The van der Waals surface area contributed by atoms with Gasteiger partial charge in [0.25, 0.3) is 0 Å². The average molecular weight is 561 g/mol. The Morgan fingerprint density at radius 1 is 0.455 bits per heavy atom. The molecule has 0 radical (unpaired) electrons. The summed E-state index contributed by atoms with van der Waals surface area (Å²) in [4.78, 5) is 4.41. The normalized spacial score (nSPS) is 10.1. The van der Waals surface area contributed by atoms with Gasteiger partial charge in [-0.25, -0.2) is 0 Å². The van der Waals surface area contributed by atoms with Crippen molar-refractivity contribution in [2.24, 2.45) is 0 Å². The van der Waals surface area contributed by atoms with Crippen molar-refractivity contribution in [3.05, 3.63) is 0 Å². The fraction of sp³-hybridized carbons (Fsp3) is 0.923. The first-order valence-corrected chi connectivity index (χ1v) is 15.0. The topological polar surface area (TPSA) is 6.48 Å². The average Bonchev–Trinajstić information content (AvgIpc) is 2.77. The van der Waals surface area contributed by atoms with Gasteiger partial charge >= 0.3 is 37.7 Å². The molecule has 0 unspecified atom stereocenters. The van der Waals surface area contributed by atoms with Gasteiger partial charge in [0.15, 0.2) is 0 Å². The summed E-state index contributed by atoms with van der Waals surface area (Å²) in [6.07, 6.45) is 20.6. The van der Waals surface area contributed by atoms with Crippen LogP contribution in [0.2, 0.25) is 0 Å². The zero-order valence-corrected chi connectivity index (χ0v) is 27.9. The minimum absolute atomic E-state index is 0. The maximum atomic E-state index is 5.11. The van der Waals surface area contributed by atoms with Gasteiger partial charge in [0, 0.05) is 26.2 Å². The molecule has 0 aliphatic rings. The number of rotatable bonds is 20. The van der Waals surface area contributed by atoms with Crippen molar-refractivity contribution in [1.29, 1.82) is 0 Å². The second-order valence-electron chi connectivity index (χ2n) is 8.75. The second kappa shape index (κ2) is 31.5. The largest absolute Gasteiger partial charge is 2.00 e. The molecule has 0 aromatic carbocycles. The van der Waals surface area contributed by atoms with Crippen LogP contribution in [0.3, 0.4) is 0 Å². The molecular weight excluding hydrogens is 509 g/mol.